The van der Waals surface area contributed by atoms with Gasteiger partial charge in [-0.25, -0.2) is 5.84 Å². The molecule has 0 aromatic rings. The molecule has 8 nitrogen and oxygen atoms in total. The molecule has 1 rings (SSSR count). The minimum Gasteiger partial charge on any atom is -0.323 e. The highest BCUT2D eigenvalue weighted by Crippen LogP contribution is 2.21. The second-order valence-electron chi connectivity index (χ2n) is 5.63. The van der Waals surface area contributed by atoms with Crippen LogP contribution >= 0.6 is 0 Å². The highest BCUT2D eigenvalue weighted by molar-refractivity contribution is 5.83. The second kappa shape index (κ2) is 8.70. The zero-order valence-electron chi connectivity index (χ0n) is 13.9. The van der Waals surface area contributed by atoms with Gasteiger partial charge in [0, 0.05) is 12.6 Å². The number of nitrogens with zero attached hydrogens (tertiary/aromatic N) is 3. The number of guanidine groups is 1. The SMILES string of the molecule is CCCCCC1=C([N+](=O)[O-])C(NC(C)C)N(N)C(=NCC)N1. The van der Waals surface area contributed by atoms with Crippen molar-refractivity contribution in [1.82, 2.24) is 15.6 Å². The van der Waals surface area contributed by atoms with E-state index in [4.69, 9.17) is 5.84 Å². The van der Waals surface area contributed by atoms with Crippen LogP contribution in [0.3, 0.4) is 0 Å². The predicted octanol–water partition coefficient (Wildman–Crippen LogP) is 1.53. The van der Waals surface area contributed by atoms with Gasteiger partial charge in [-0.05, 0) is 33.6 Å². The van der Waals surface area contributed by atoms with Crippen molar-refractivity contribution in [3.8, 4) is 0 Å². The maximum Gasteiger partial charge on any atom is 0.303 e. The molecule has 126 valence electrons. The van der Waals surface area contributed by atoms with Crippen molar-refractivity contribution in [3.05, 3.63) is 21.5 Å². The standard InChI is InChI=1S/C14H28N6O2/c1-5-7-8-9-11-12(20(21)22)13(17-10(3)4)19(15)14(18-11)16-6-2/h10,13,17H,5-9,15H2,1-4H3,(H,16,18). The summed E-state index contributed by atoms with van der Waals surface area (Å²) in [4.78, 5) is 15.5. The summed E-state index contributed by atoms with van der Waals surface area (Å²) >= 11 is 0. The van der Waals surface area contributed by atoms with Gasteiger partial charge in [-0.15, -0.1) is 0 Å². The number of hydrogen-bond donors (Lipinski definition) is 3. The summed E-state index contributed by atoms with van der Waals surface area (Å²) in [7, 11) is 0. The summed E-state index contributed by atoms with van der Waals surface area (Å²) in [5.74, 6) is 6.51. The molecule has 0 fully saturated rings. The molecule has 1 heterocycles. The van der Waals surface area contributed by atoms with Crippen LogP contribution in [0.4, 0.5) is 0 Å². The molecule has 0 saturated heterocycles. The Labute approximate surface area is 132 Å². The van der Waals surface area contributed by atoms with E-state index in [0.29, 0.717) is 24.6 Å². The minimum absolute atomic E-state index is 0.0591. The van der Waals surface area contributed by atoms with Gasteiger partial charge in [-0.1, -0.05) is 19.8 Å². The van der Waals surface area contributed by atoms with E-state index in [9.17, 15) is 10.1 Å². The summed E-state index contributed by atoms with van der Waals surface area (Å²) in [6, 6.07) is 0.0591. The first-order chi connectivity index (χ1) is 10.4. The zero-order valence-corrected chi connectivity index (χ0v) is 13.9. The van der Waals surface area contributed by atoms with Gasteiger partial charge >= 0.3 is 5.70 Å². The van der Waals surface area contributed by atoms with Gasteiger partial charge in [0.1, 0.15) is 0 Å². The first-order valence-corrected chi connectivity index (χ1v) is 7.91. The largest absolute Gasteiger partial charge is 0.323 e. The van der Waals surface area contributed by atoms with Crippen molar-refractivity contribution in [2.45, 2.75) is 65.6 Å². The van der Waals surface area contributed by atoms with Crippen molar-refractivity contribution in [2.24, 2.45) is 10.8 Å². The Bertz CT molecular complexity index is 447. The number of nitro groups is 1. The van der Waals surface area contributed by atoms with Crippen LogP contribution in [0.25, 0.3) is 0 Å². The lowest BCUT2D eigenvalue weighted by Gasteiger charge is -2.35. The number of hydrogen-bond acceptors (Lipinski definition) is 5. The molecule has 0 aromatic carbocycles. The average molecular weight is 312 g/mol. The lowest BCUT2D eigenvalue weighted by molar-refractivity contribution is -0.436. The van der Waals surface area contributed by atoms with E-state index in [1.165, 1.54) is 5.01 Å². The van der Waals surface area contributed by atoms with Gasteiger partial charge in [0.05, 0.1) is 10.6 Å². The van der Waals surface area contributed by atoms with Gasteiger partial charge in [0.2, 0.25) is 5.96 Å². The number of hydrazine groups is 1. The van der Waals surface area contributed by atoms with Crippen LogP contribution in [0.5, 0.6) is 0 Å². The lowest BCUT2D eigenvalue weighted by Crippen LogP contribution is -2.63. The molecule has 0 radical (unpaired) electrons. The maximum atomic E-state index is 11.5. The number of nitrogens with two attached hydrogens (primary N) is 1. The fraction of sp³-hybridized carbons (Fsp3) is 0.786. The minimum atomic E-state index is -0.682. The Morgan fingerprint density at radius 1 is 1.45 bits per heavy atom. The smallest absolute Gasteiger partial charge is 0.303 e. The van der Waals surface area contributed by atoms with Gasteiger partial charge in [-0.3, -0.25) is 25.4 Å². The molecule has 22 heavy (non-hydrogen) atoms. The fourth-order valence-electron chi connectivity index (χ4n) is 2.38. The third kappa shape index (κ3) is 4.67. The van der Waals surface area contributed by atoms with Crippen molar-refractivity contribution < 1.29 is 4.92 Å². The van der Waals surface area contributed by atoms with Crippen LogP contribution in [0, 0.1) is 10.1 Å². The second-order valence-corrected chi connectivity index (χ2v) is 5.63. The van der Waals surface area contributed by atoms with Crippen molar-refractivity contribution in [2.75, 3.05) is 6.54 Å². The van der Waals surface area contributed by atoms with Crippen LogP contribution in [-0.4, -0.2) is 34.6 Å². The summed E-state index contributed by atoms with van der Waals surface area (Å²) in [6.07, 6.45) is 2.93. The molecule has 1 atom stereocenters. The third-order valence-corrected chi connectivity index (χ3v) is 3.38. The number of nitrogens with one attached hydrogen (secondary N) is 2. The van der Waals surface area contributed by atoms with Crippen LogP contribution in [0.1, 0.15) is 53.4 Å². The topological polar surface area (TPSA) is 109 Å². The molecule has 0 amide bonds. The predicted molar refractivity (Wildman–Crippen MR) is 87.4 cm³/mol. The first kappa shape index (κ1) is 18.4. The van der Waals surface area contributed by atoms with Crippen LogP contribution in [0.15, 0.2) is 16.4 Å². The summed E-state index contributed by atoms with van der Waals surface area (Å²) in [5, 5.41) is 19.1. The van der Waals surface area contributed by atoms with E-state index < -0.39 is 6.17 Å². The van der Waals surface area contributed by atoms with E-state index in [0.717, 1.165) is 19.3 Å². The molecule has 0 saturated carbocycles. The monoisotopic (exact) mass is 312 g/mol. The quantitative estimate of drug-likeness (QED) is 0.271. The Balaban J connectivity index is 3.17. The molecule has 1 unspecified atom stereocenters. The number of allylic oxidation sites excluding steroid dienone is 1. The van der Waals surface area contributed by atoms with E-state index in [1.807, 2.05) is 20.8 Å². The van der Waals surface area contributed by atoms with Gasteiger partial charge < -0.3 is 5.32 Å². The van der Waals surface area contributed by atoms with Crippen molar-refractivity contribution in [3.63, 3.8) is 0 Å². The highest BCUT2D eigenvalue weighted by atomic mass is 16.6. The van der Waals surface area contributed by atoms with Crippen molar-refractivity contribution >= 4 is 5.96 Å². The van der Waals surface area contributed by atoms with Crippen molar-refractivity contribution in [1.29, 1.82) is 0 Å². The summed E-state index contributed by atoms with van der Waals surface area (Å²) in [5.41, 5.74) is 0.688. The average Bonchev–Trinajstić information content (AvgIpc) is 2.43. The van der Waals surface area contributed by atoms with Crippen LogP contribution in [0.2, 0.25) is 0 Å². The molecule has 0 aliphatic carbocycles. The molecule has 4 N–H and O–H groups in total. The number of rotatable bonds is 8. The van der Waals surface area contributed by atoms with E-state index >= 15 is 0 Å². The normalized spacial score (nSPS) is 20.7. The van der Waals surface area contributed by atoms with Crippen LogP contribution < -0.4 is 16.5 Å². The molecular weight excluding hydrogens is 284 g/mol. The number of unbranched alkanes of at least 4 members (excludes halogenated alkanes) is 2. The van der Waals surface area contributed by atoms with E-state index in [1.54, 1.807) is 0 Å². The summed E-state index contributed by atoms with van der Waals surface area (Å²) in [6.45, 7) is 8.42. The lowest BCUT2D eigenvalue weighted by atomic mass is 10.1. The Morgan fingerprint density at radius 2 is 2.14 bits per heavy atom. The Morgan fingerprint density at radius 3 is 2.64 bits per heavy atom. The van der Waals surface area contributed by atoms with Gasteiger partial charge in [-0.2, -0.15) is 0 Å². The first-order valence-electron chi connectivity index (χ1n) is 7.91. The fourth-order valence-corrected chi connectivity index (χ4v) is 2.38. The third-order valence-electron chi connectivity index (χ3n) is 3.38. The molecule has 1 aliphatic heterocycles. The zero-order chi connectivity index (χ0) is 16.7. The molecule has 0 aromatic heterocycles. The molecule has 8 heteroatoms. The number of aliphatic imine (C=N–C) groups is 1. The Kier molecular flexibility index (Phi) is 7.26. The van der Waals surface area contributed by atoms with Gasteiger partial charge in [0.15, 0.2) is 6.17 Å². The molecular formula is C14H28N6O2. The van der Waals surface area contributed by atoms with E-state index in [-0.39, 0.29) is 16.7 Å². The highest BCUT2D eigenvalue weighted by Gasteiger charge is 2.39. The molecule has 0 bridgehead atoms. The molecule has 1 aliphatic rings. The maximum absolute atomic E-state index is 11.5. The van der Waals surface area contributed by atoms with Gasteiger partial charge in [0.25, 0.3) is 0 Å². The summed E-state index contributed by atoms with van der Waals surface area (Å²) < 4.78 is 0. The van der Waals surface area contributed by atoms with Crippen LogP contribution in [-0.2, 0) is 0 Å². The van der Waals surface area contributed by atoms with E-state index in [2.05, 4.69) is 22.5 Å². The Hall–Kier alpha value is -1.67. The molecule has 0 spiro atoms.